The van der Waals surface area contributed by atoms with Crippen molar-refractivity contribution in [2.45, 2.75) is 38.0 Å². The van der Waals surface area contributed by atoms with Crippen molar-refractivity contribution in [3.63, 3.8) is 0 Å². The number of rotatable bonds is 2. The normalized spacial score (nSPS) is 29.4. The van der Waals surface area contributed by atoms with Crippen LogP contribution in [0.5, 0.6) is 5.75 Å². The van der Waals surface area contributed by atoms with Gasteiger partial charge < -0.3 is 4.74 Å². The monoisotopic (exact) mass is 238 g/mol. The highest BCUT2D eigenvalue weighted by Crippen LogP contribution is 2.45. The molecule has 1 aliphatic rings. The van der Waals surface area contributed by atoms with Crippen molar-refractivity contribution in [2.75, 3.05) is 7.11 Å². The molecule has 0 aliphatic heterocycles. The van der Waals surface area contributed by atoms with Gasteiger partial charge in [0.15, 0.2) is 0 Å². The summed E-state index contributed by atoms with van der Waals surface area (Å²) in [5.41, 5.74) is 2.62. The van der Waals surface area contributed by atoms with Crippen LogP contribution in [-0.2, 0) is 0 Å². The zero-order valence-electron chi connectivity index (χ0n) is 10.2. The van der Waals surface area contributed by atoms with Gasteiger partial charge in [0, 0.05) is 5.38 Å². The maximum atomic E-state index is 6.30. The fraction of sp³-hybridized carbons (Fsp3) is 0.571. The highest BCUT2D eigenvalue weighted by Gasteiger charge is 2.33. The van der Waals surface area contributed by atoms with Crippen LogP contribution in [-0.4, -0.2) is 12.5 Å². The summed E-state index contributed by atoms with van der Waals surface area (Å²) in [5, 5.41) is 0.315. The van der Waals surface area contributed by atoms with Gasteiger partial charge >= 0.3 is 0 Å². The lowest BCUT2D eigenvalue weighted by molar-refractivity contribution is 0.399. The second-order valence-electron chi connectivity index (χ2n) is 4.80. The van der Waals surface area contributed by atoms with Crippen LogP contribution in [0.15, 0.2) is 18.2 Å². The molecule has 16 heavy (non-hydrogen) atoms. The molecule has 0 N–H and O–H groups in total. The molecule has 0 spiro atoms. The van der Waals surface area contributed by atoms with Crippen LogP contribution in [0.1, 0.15) is 36.8 Å². The lowest BCUT2D eigenvalue weighted by Crippen LogP contribution is -2.10. The number of alkyl halides is 1. The molecule has 1 aromatic carbocycles. The van der Waals surface area contributed by atoms with Crippen molar-refractivity contribution >= 4 is 11.6 Å². The van der Waals surface area contributed by atoms with E-state index < -0.39 is 0 Å². The second-order valence-corrected chi connectivity index (χ2v) is 5.36. The minimum Gasteiger partial charge on any atom is -0.496 e. The smallest absolute Gasteiger partial charge is 0.122 e. The fourth-order valence-electron chi connectivity index (χ4n) is 2.70. The lowest BCUT2D eigenvalue weighted by atomic mass is 9.88. The second kappa shape index (κ2) is 4.67. The Balaban J connectivity index is 2.35. The first kappa shape index (κ1) is 11.8. The quantitative estimate of drug-likeness (QED) is 0.705. The third-order valence-corrected chi connectivity index (χ3v) is 4.36. The number of halogens is 1. The first-order valence-corrected chi connectivity index (χ1v) is 6.35. The van der Waals surface area contributed by atoms with E-state index in [9.17, 15) is 0 Å². The van der Waals surface area contributed by atoms with Crippen LogP contribution >= 0.6 is 11.6 Å². The molecule has 2 heteroatoms. The lowest BCUT2D eigenvalue weighted by Gasteiger charge is -2.20. The molecule has 1 fully saturated rings. The number of hydrogen-bond donors (Lipinski definition) is 0. The first-order chi connectivity index (χ1) is 7.63. The number of benzene rings is 1. The Morgan fingerprint density at radius 1 is 1.31 bits per heavy atom. The van der Waals surface area contributed by atoms with E-state index in [2.05, 4.69) is 32.0 Å². The molecule has 3 unspecified atom stereocenters. The molecule has 0 bridgehead atoms. The van der Waals surface area contributed by atoms with Crippen LogP contribution in [0.3, 0.4) is 0 Å². The number of hydrogen-bond acceptors (Lipinski definition) is 1. The highest BCUT2D eigenvalue weighted by atomic mass is 35.5. The largest absolute Gasteiger partial charge is 0.496 e. The SMILES string of the molecule is COc1ccc(C)cc1C1CCC(Cl)C1C. The van der Waals surface area contributed by atoms with Crippen molar-refractivity contribution < 1.29 is 4.74 Å². The number of methoxy groups -OCH3 is 1. The van der Waals surface area contributed by atoms with Crippen LogP contribution in [0, 0.1) is 12.8 Å². The summed E-state index contributed by atoms with van der Waals surface area (Å²) >= 11 is 6.30. The Hall–Kier alpha value is -0.690. The van der Waals surface area contributed by atoms with E-state index in [-0.39, 0.29) is 0 Å². The van der Waals surface area contributed by atoms with E-state index >= 15 is 0 Å². The number of ether oxygens (including phenoxy) is 1. The molecule has 1 saturated carbocycles. The van der Waals surface area contributed by atoms with E-state index in [1.54, 1.807) is 7.11 Å². The van der Waals surface area contributed by atoms with Gasteiger partial charge in [-0.3, -0.25) is 0 Å². The van der Waals surface area contributed by atoms with Crippen molar-refractivity contribution in [1.29, 1.82) is 0 Å². The average molecular weight is 239 g/mol. The summed E-state index contributed by atoms with van der Waals surface area (Å²) in [4.78, 5) is 0. The van der Waals surface area contributed by atoms with Gasteiger partial charge in [0.1, 0.15) is 5.75 Å². The van der Waals surface area contributed by atoms with Gasteiger partial charge in [-0.15, -0.1) is 11.6 Å². The zero-order chi connectivity index (χ0) is 11.7. The number of aryl methyl sites for hydroxylation is 1. The van der Waals surface area contributed by atoms with E-state index in [1.807, 2.05) is 0 Å². The van der Waals surface area contributed by atoms with Crippen LogP contribution in [0.4, 0.5) is 0 Å². The molecule has 88 valence electrons. The van der Waals surface area contributed by atoms with Crippen molar-refractivity contribution in [3.8, 4) is 5.75 Å². The summed E-state index contributed by atoms with van der Waals surface area (Å²) in [5.74, 6) is 2.10. The molecule has 3 atom stereocenters. The Bertz CT molecular complexity index is 375. The molecule has 0 radical (unpaired) electrons. The summed E-state index contributed by atoms with van der Waals surface area (Å²) in [6.07, 6.45) is 2.29. The van der Waals surface area contributed by atoms with Gasteiger partial charge in [-0.05, 0) is 43.2 Å². The van der Waals surface area contributed by atoms with Crippen molar-refractivity contribution in [1.82, 2.24) is 0 Å². The first-order valence-electron chi connectivity index (χ1n) is 5.92. The molecule has 1 aromatic rings. The van der Waals surface area contributed by atoms with E-state index in [0.29, 0.717) is 17.2 Å². The molecule has 1 nitrogen and oxygen atoms in total. The summed E-state index contributed by atoms with van der Waals surface area (Å²) in [6.45, 7) is 4.37. The molecule has 2 rings (SSSR count). The summed E-state index contributed by atoms with van der Waals surface area (Å²) < 4.78 is 5.45. The minimum atomic E-state index is 0.315. The zero-order valence-corrected chi connectivity index (χ0v) is 10.9. The van der Waals surface area contributed by atoms with Crippen LogP contribution < -0.4 is 4.74 Å². The Morgan fingerprint density at radius 3 is 2.62 bits per heavy atom. The van der Waals surface area contributed by atoms with E-state index in [4.69, 9.17) is 16.3 Å². The molecule has 0 amide bonds. The van der Waals surface area contributed by atoms with Crippen LogP contribution in [0.25, 0.3) is 0 Å². The molecule has 0 aromatic heterocycles. The minimum absolute atomic E-state index is 0.315. The predicted molar refractivity (Wildman–Crippen MR) is 68.5 cm³/mol. The van der Waals surface area contributed by atoms with Gasteiger partial charge in [0.05, 0.1) is 7.11 Å². The fourth-order valence-corrected chi connectivity index (χ4v) is 3.00. The molecule has 0 saturated heterocycles. The molecular weight excluding hydrogens is 220 g/mol. The van der Waals surface area contributed by atoms with Gasteiger partial charge in [-0.25, -0.2) is 0 Å². The highest BCUT2D eigenvalue weighted by molar-refractivity contribution is 6.21. The van der Waals surface area contributed by atoms with Crippen molar-refractivity contribution in [3.05, 3.63) is 29.3 Å². The predicted octanol–water partition coefficient (Wildman–Crippen LogP) is 4.12. The third-order valence-electron chi connectivity index (χ3n) is 3.74. The van der Waals surface area contributed by atoms with Gasteiger partial charge in [-0.1, -0.05) is 24.6 Å². The molecule has 1 aliphatic carbocycles. The standard InChI is InChI=1S/C14H19ClO/c1-9-4-7-14(16-3)12(8-9)11-5-6-13(15)10(11)2/h4,7-8,10-11,13H,5-6H2,1-3H3. The van der Waals surface area contributed by atoms with E-state index in [1.165, 1.54) is 17.5 Å². The maximum Gasteiger partial charge on any atom is 0.122 e. The Kier molecular flexibility index (Phi) is 3.44. The third kappa shape index (κ3) is 2.06. The van der Waals surface area contributed by atoms with Crippen molar-refractivity contribution in [2.24, 2.45) is 5.92 Å². The summed E-state index contributed by atoms with van der Waals surface area (Å²) in [7, 11) is 1.74. The van der Waals surface area contributed by atoms with Gasteiger partial charge in [0.25, 0.3) is 0 Å². The topological polar surface area (TPSA) is 9.23 Å². The maximum absolute atomic E-state index is 6.30. The summed E-state index contributed by atoms with van der Waals surface area (Å²) in [6, 6.07) is 6.41. The molecule has 0 heterocycles. The Labute approximate surface area is 103 Å². The Morgan fingerprint density at radius 2 is 2.06 bits per heavy atom. The van der Waals surface area contributed by atoms with Gasteiger partial charge in [0.2, 0.25) is 0 Å². The van der Waals surface area contributed by atoms with E-state index in [0.717, 1.165) is 12.2 Å². The average Bonchev–Trinajstić information content (AvgIpc) is 2.60. The molecular formula is C14H19ClO. The van der Waals surface area contributed by atoms with Gasteiger partial charge in [-0.2, -0.15) is 0 Å². The van der Waals surface area contributed by atoms with Crippen LogP contribution in [0.2, 0.25) is 0 Å².